The minimum atomic E-state index is -3.55. The van der Waals surface area contributed by atoms with Gasteiger partial charge in [0.2, 0.25) is 5.12 Å². The predicted molar refractivity (Wildman–Crippen MR) is 171 cm³/mol. The summed E-state index contributed by atoms with van der Waals surface area (Å²) in [6, 6.07) is 22.1. The Morgan fingerprint density at radius 3 is 2.07 bits per heavy atom. The van der Waals surface area contributed by atoms with Gasteiger partial charge in [-0.05, 0) is 78.1 Å². The topological polar surface area (TPSA) is 89.9 Å². The average molecular weight is 617 g/mol. The zero-order valence-electron chi connectivity index (χ0n) is 23.8. The number of hydrogen-bond donors (Lipinski definition) is 1. The standard InChI is InChI=1S/C32H40O6S3/c1-3-4-5-6-22-40-32(34)31(39-23-20-26-11-13-28(33)14-12-26)24-27-9-7-25(8-10-27)19-21-37-29-15-17-30(18-16-29)38-41(2,35)36/h7-18,31,33H,3-6,19-24H2,1-2H3/t31-/m0/s1. The minimum absolute atomic E-state index is 0.105. The van der Waals surface area contributed by atoms with Crippen molar-refractivity contribution in [3.8, 4) is 17.2 Å². The molecular weight excluding hydrogens is 577 g/mol. The maximum Gasteiger partial charge on any atom is 0.306 e. The summed E-state index contributed by atoms with van der Waals surface area (Å²) < 4.78 is 33.1. The molecule has 0 aliphatic carbocycles. The van der Waals surface area contributed by atoms with E-state index in [0.29, 0.717) is 18.8 Å². The van der Waals surface area contributed by atoms with Crippen molar-refractivity contribution in [2.75, 3.05) is 24.4 Å². The summed E-state index contributed by atoms with van der Waals surface area (Å²) in [6.45, 7) is 2.67. The average Bonchev–Trinajstić information content (AvgIpc) is 2.94. The Balaban J connectivity index is 1.50. The molecule has 0 aromatic heterocycles. The fourth-order valence-corrected chi connectivity index (χ4v) is 6.87. The van der Waals surface area contributed by atoms with Gasteiger partial charge in [-0.1, -0.05) is 74.3 Å². The number of benzene rings is 3. The molecule has 0 heterocycles. The van der Waals surface area contributed by atoms with Gasteiger partial charge in [0, 0.05) is 12.2 Å². The second kappa shape index (κ2) is 17.4. The molecule has 9 heteroatoms. The van der Waals surface area contributed by atoms with E-state index in [9.17, 15) is 18.3 Å². The number of phenols is 1. The first-order valence-corrected chi connectivity index (χ1v) is 17.8. The van der Waals surface area contributed by atoms with Crippen LogP contribution in [0.5, 0.6) is 17.2 Å². The molecule has 0 aliphatic heterocycles. The van der Waals surface area contributed by atoms with Gasteiger partial charge in [0.05, 0.1) is 18.1 Å². The van der Waals surface area contributed by atoms with Gasteiger partial charge in [0.25, 0.3) is 0 Å². The number of thioether (sulfide) groups is 2. The molecule has 3 aromatic carbocycles. The summed E-state index contributed by atoms with van der Waals surface area (Å²) in [5.41, 5.74) is 3.43. The Kier molecular flexibility index (Phi) is 13.9. The van der Waals surface area contributed by atoms with Gasteiger partial charge < -0.3 is 14.0 Å². The third kappa shape index (κ3) is 13.3. The van der Waals surface area contributed by atoms with Crippen LogP contribution in [0.3, 0.4) is 0 Å². The Bertz CT molecular complexity index is 1290. The van der Waals surface area contributed by atoms with Crippen LogP contribution in [-0.4, -0.2) is 48.3 Å². The van der Waals surface area contributed by atoms with E-state index >= 15 is 0 Å². The van der Waals surface area contributed by atoms with Gasteiger partial charge in [-0.3, -0.25) is 4.79 Å². The van der Waals surface area contributed by atoms with E-state index < -0.39 is 10.1 Å². The van der Waals surface area contributed by atoms with Crippen LogP contribution in [0.25, 0.3) is 0 Å². The van der Waals surface area contributed by atoms with Gasteiger partial charge in [-0.25, -0.2) is 0 Å². The van der Waals surface area contributed by atoms with Crippen molar-refractivity contribution < 1.29 is 27.2 Å². The van der Waals surface area contributed by atoms with Crippen molar-refractivity contribution in [1.29, 1.82) is 0 Å². The van der Waals surface area contributed by atoms with Crippen molar-refractivity contribution in [1.82, 2.24) is 0 Å². The monoisotopic (exact) mass is 616 g/mol. The molecule has 222 valence electrons. The third-order valence-electron chi connectivity index (χ3n) is 6.33. The van der Waals surface area contributed by atoms with Crippen LogP contribution in [0.4, 0.5) is 0 Å². The van der Waals surface area contributed by atoms with Crippen LogP contribution in [0.2, 0.25) is 0 Å². The Hall–Kier alpha value is -2.62. The van der Waals surface area contributed by atoms with Gasteiger partial charge in [-0.15, -0.1) is 11.8 Å². The van der Waals surface area contributed by atoms with Crippen LogP contribution < -0.4 is 8.92 Å². The van der Waals surface area contributed by atoms with Gasteiger partial charge in [0.1, 0.15) is 17.2 Å². The summed E-state index contributed by atoms with van der Waals surface area (Å²) in [6.07, 6.45) is 7.92. The maximum absolute atomic E-state index is 13.2. The zero-order chi connectivity index (χ0) is 29.5. The lowest BCUT2D eigenvalue weighted by atomic mass is 10.1. The number of aryl methyl sites for hydroxylation is 1. The Labute approximate surface area is 253 Å². The number of unbranched alkanes of at least 4 members (excludes halogenated alkanes) is 3. The Morgan fingerprint density at radius 2 is 1.41 bits per heavy atom. The van der Waals surface area contributed by atoms with E-state index in [1.54, 1.807) is 48.2 Å². The maximum atomic E-state index is 13.2. The summed E-state index contributed by atoms with van der Waals surface area (Å²) in [5, 5.41) is 9.67. The molecule has 6 nitrogen and oxygen atoms in total. The molecule has 0 fully saturated rings. The molecule has 0 spiro atoms. The number of hydrogen-bond acceptors (Lipinski definition) is 8. The first-order chi connectivity index (χ1) is 19.7. The van der Waals surface area contributed by atoms with E-state index in [4.69, 9.17) is 8.92 Å². The fraction of sp³-hybridized carbons (Fsp3) is 0.406. The number of carbonyl (C=O) groups excluding carboxylic acids is 1. The van der Waals surface area contributed by atoms with Crippen molar-refractivity contribution in [3.63, 3.8) is 0 Å². The fourth-order valence-electron chi connectivity index (χ4n) is 4.10. The smallest absolute Gasteiger partial charge is 0.306 e. The molecule has 0 unspecified atom stereocenters. The zero-order valence-corrected chi connectivity index (χ0v) is 26.2. The lowest BCUT2D eigenvalue weighted by molar-refractivity contribution is -0.110. The lowest BCUT2D eigenvalue weighted by Crippen LogP contribution is -2.18. The molecule has 0 bridgehead atoms. The molecule has 0 amide bonds. The highest BCUT2D eigenvalue weighted by molar-refractivity contribution is 8.16. The summed E-state index contributed by atoms with van der Waals surface area (Å²) >= 11 is 3.19. The van der Waals surface area contributed by atoms with Crippen molar-refractivity contribution in [2.45, 2.75) is 57.1 Å². The first kappa shape index (κ1) is 32.9. The molecule has 0 saturated heterocycles. The molecule has 1 N–H and O–H groups in total. The molecule has 3 rings (SSSR count). The highest BCUT2D eigenvalue weighted by Gasteiger charge is 2.20. The number of phenolic OH excluding ortho intramolecular Hbond substituents is 1. The second-order valence-electron chi connectivity index (χ2n) is 9.88. The SMILES string of the molecule is CCCCCCSC(=O)[C@H](Cc1ccc(CCOc2ccc(OS(C)(=O)=O)cc2)cc1)SCCc1ccc(O)cc1. The van der Waals surface area contributed by atoms with Crippen LogP contribution >= 0.6 is 23.5 Å². The molecule has 3 aromatic rings. The lowest BCUT2D eigenvalue weighted by Gasteiger charge is -2.16. The molecule has 1 atom stereocenters. The van der Waals surface area contributed by atoms with Crippen molar-refractivity contribution >= 4 is 38.8 Å². The molecule has 41 heavy (non-hydrogen) atoms. The van der Waals surface area contributed by atoms with Gasteiger partial charge in [0.15, 0.2) is 0 Å². The number of ether oxygens (including phenoxy) is 1. The van der Waals surface area contributed by atoms with E-state index in [0.717, 1.165) is 53.7 Å². The number of rotatable bonds is 18. The highest BCUT2D eigenvalue weighted by Crippen LogP contribution is 2.25. The van der Waals surface area contributed by atoms with E-state index in [-0.39, 0.29) is 21.9 Å². The minimum Gasteiger partial charge on any atom is -0.508 e. The third-order valence-corrected chi connectivity index (χ3v) is 9.26. The normalized spacial score (nSPS) is 12.1. The quantitative estimate of drug-likeness (QED) is 0.120. The van der Waals surface area contributed by atoms with Crippen LogP contribution in [0.15, 0.2) is 72.8 Å². The van der Waals surface area contributed by atoms with Gasteiger partial charge in [-0.2, -0.15) is 8.42 Å². The molecular formula is C32H40O6S3. The number of carbonyl (C=O) groups is 1. The molecule has 0 radical (unpaired) electrons. The van der Waals surface area contributed by atoms with E-state index in [1.807, 2.05) is 12.1 Å². The van der Waals surface area contributed by atoms with Gasteiger partial charge >= 0.3 is 10.1 Å². The van der Waals surface area contributed by atoms with E-state index in [1.165, 1.54) is 31.0 Å². The highest BCUT2D eigenvalue weighted by atomic mass is 32.2. The number of aromatic hydroxyl groups is 1. The summed E-state index contributed by atoms with van der Waals surface area (Å²) in [7, 11) is -3.55. The largest absolute Gasteiger partial charge is 0.508 e. The molecule has 0 saturated carbocycles. The van der Waals surface area contributed by atoms with Crippen molar-refractivity contribution in [3.05, 3.63) is 89.5 Å². The summed E-state index contributed by atoms with van der Waals surface area (Å²) in [5.74, 6) is 2.87. The van der Waals surface area contributed by atoms with Crippen LogP contribution in [0, 0.1) is 0 Å². The van der Waals surface area contributed by atoms with Crippen molar-refractivity contribution in [2.24, 2.45) is 0 Å². The Morgan fingerprint density at radius 1 is 0.805 bits per heavy atom. The molecule has 0 aliphatic rings. The predicted octanol–water partition coefficient (Wildman–Crippen LogP) is 7.08. The van der Waals surface area contributed by atoms with Crippen LogP contribution in [0.1, 0.15) is 49.3 Å². The second-order valence-corrected chi connectivity index (χ2v) is 13.9. The summed E-state index contributed by atoms with van der Waals surface area (Å²) in [4.78, 5) is 13.2. The first-order valence-electron chi connectivity index (χ1n) is 14.0. The van der Waals surface area contributed by atoms with Crippen LogP contribution in [-0.2, 0) is 34.2 Å². The van der Waals surface area contributed by atoms with E-state index in [2.05, 4.69) is 31.2 Å².